The number of esters is 1. The van der Waals surface area contributed by atoms with E-state index in [1.807, 2.05) is 35.2 Å². The summed E-state index contributed by atoms with van der Waals surface area (Å²) in [6, 6.07) is 13.1. The van der Waals surface area contributed by atoms with E-state index in [1.165, 1.54) is 6.92 Å². The number of methoxy groups -OCH3 is 1. The molecule has 28 heavy (non-hydrogen) atoms. The minimum atomic E-state index is -0.344. The number of halogens is 1. The monoisotopic (exact) mass is 404 g/mol. The molecule has 0 amide bonds. The molecule has 0 unspecified atom stereocenters. The summed E-state index contributed by atoms with van der Waals surface area (Å²) >= 11 is 6.25. The number of ether oxygens (including phenoxy) is 3. The maximum Gasteiger partial charge on any atom is 0.407 e. The molecule has 148 valence electrons. The van der Waals surface area contributed by atoms with Gasteiger partial charge in [-0.2, -0.15) is 0 Å². The van der Waals surface area contributed by atoms with Crippen LogP contribution in [0.2, 0.25) is 5.02 Å². The highest BCUT2D eigenvalue weighted by Gasteiger charge is 2.22. The van der Waals surface area contributed by atoms with E-state index in [9.17, 15) is 10.2 Å². The number of carbonyl (C=O) groups excluding carboxylic acids is 1. The van der Waals surface area contributed by atoms with Crippen molar-refractivity contribution in [2.24, 2.45) is 0 Å². The van der Waals surface area contributed by atoms with Gasteiger partial charge in [-0.25, -0.2) is 0 Å². The van der Waals surface area contributed by atoms with Crippen molar-refractivity contribution in [3.05, 3.63) is 58.0 Å². The first-order chi connectivity index (χ1) is 13.5. The van der Waals surface area contributed by atoms with E-state index in [4.69, 9.17) is 25.8 Å². The summed E-state index contributed by atoms with van der Waals surface area (Å²) < 4.78 is 16.0. The lowest BCUT2D eigenvalue weighted by Crippen LogP contribution is -2.28. The second-order valence-corrected chi connectivity index (χ2v) is 6.37. The number of hydrogen-bond donors (Lipinski definition) is 0. The molecule has 0 aliphatic heterocycles. The molecule has 0 saturated heterocycles. The number of carbonyl (C=O) groups is 1. The maximum atomic E-state index is 11.2. The molecule has 2 rings (SSSR count). The predicted octanol–water partition coefficient (Wildman–Crippen LogP) is 4.42. The third kappa shape index (κ3) is 6.41. The summed E-state index contributed by atoms with van der Waals surface area (Å²) in [6.07, 6.45) is 0. The number of diazo groups is 1. The molecule has 0 aromatic heterocycles. The third-order valence-corrected chi connectivity index (χ3v) is 4.21. The van der Waals surface area contributed by atoms with Gasteiger partial charge >= 0.3 is 11.7 Å². The Kier molecular flexibility index (Phi) is 8.53. The average Bonchev–Trinajstić information content (AvgIpc) is 2.68. The SMILES string of the molecule is COCCOc1cc([N+]#N)c(Cl)cc1N(CCOC(C)=O)Cc1ccccc1. The topological polar surface area (TPSA) is 76.2 Å². The van der Waals surface area contributed by atoms with Gasteiger partial charge in [0, 0.05) is 20.6 Å². The van der Waals surface area contributed by atoms with Gasteiger partial charge in [-0.3, -0.25) is 4.79 Å². The van der Waals surface area contributed by atoms with Gasteiger partial charge in [-0.15, -0.1) is 0 Å². The molecule has 0 saturated carbocycles. The summed E-state index contributed by atoms with van der Waals surface area (Å²) in [7, 11) is 1.58. The smallest absolute Gasteiger partial charge is 0.407 e. The quantitative estimate of drug-likeness (QED) is 0.331. The van der Waals surface area contributed by atoms with Crippen molar-refractivity contribution in [1.82, 2.24) is 0 Å². The van der Waals surface area contributed by atoms with Crippen LogP contribution in [0.1, 0.15) is 12.5 Å². The molecule has 0 radical (unpaired) electrons. The highest BCUT2D eigenvalue weighted by atomic mass is 35.5. The van der Waals surface area contributed by atoms with Crippen LogP contribution in [0.5, 0.6) is 5.75 Å². The number of rotatable bonds is 10. The van der Waals surface area contributed by atoms with Gasteiger partial charge in [0.25, 0.3) is 0 Å². The zero-order valence-corrected chi connectivity index (χ0v) is 16.7. The van der Waals surface area contributed by atoms with Crippen LogP contribution in [-0.2, 0) is 20.8 Å². The van der Waals surface area contributed by atoms with Crippen LogP contribution in [-0.4, -0.2) is 39.4 Å². The fourth-order valence-corrected chi connectivity index (χ4v) is 2.79. The second-order valence-electron chi connectivity index (χ2n) is 5.96. The van der Waals surface area contributed by atoms with Gasteiger partial charge in [0.2, 0.25) is 5.39 Å². The van der Waals surface area contributed by atoms with Crippen LogP contribution >= 0.6 is 11.6 Å². The van der Waals surface area contributed by atoms with E-state index in [0.29, 0.717) is 37.7 Å². The summed E-state index contributed by atoms with van der Waals surface area (Å²) in [6.45, 7) is 3.29. The predicted molar refractivity (Wildman–Crippen MR) is 108 cm³/mol. The van der Waals surface area contributed by atoms with Gasteiger partial charge < -0.3 is 19.1 Å². The lowest BCUT2D eigenvalue weighted by atomic mass is 10.1. The first-order valence-electron chi connectivity index (χ1n) is 8.77. The highest BCUT2D eigenvalue weighted by molar-refractivity contribution is 6.33. The Morgan fingerprint density at radius 3 is 2.57 bits per heavy atom. The van der Waals surface area contributed by atoms with Crippen molar-refractivity contribution >= 4 is 28.9 Å². The van der Waals surface area contributed by atoms with Crippen molar-refractivity contribution in [1.29, 1.82) is 5.39 Å². The minimum absolute atomic E-state index is 0.206. The largest absolute Gasteiger partial charge is 0.489 e. The minimum Gasteiger partial charge on any atom is -0.489 e. The van der Waals surface area contributed by atoms with E-state index >= 15 is 0 Å². The van der Waals surface area contributed by atoms with Crippen LogP contribution in [0, 0.1) is 5.39 Å². The van der Waals surface area contributed by atoms with Crippen molar-refractivity contribution < 1.29 is 19.0 Å². The van der Waals surface area contributed by atoms with E-state index in [2.05, 4.69) is 4.98 Å². The van der Waals surface area contributed by atoms with Crippen molar-refractivity contribution in [3.63, 3.8) is 0 Å². The second kappa shape index (κ2) is 11.1. The lowest BCUT2D eigenvalue weighted by molar-refractivity contribution is -0.140. The van der Waals surface area contributed by atoms with Crippen LogP contribution < -0.4 is 9.64 Å². The summed E-state index contributed by atoms with van der Waals surface area (Å²) in [5, 5.41) is 9.45. The van der Waals surface area contributed by atoms with Crippen LogP contribution in [0.15, 0.2) is 42.5 Å². The van der Waals surface area contributed by atoms with Gasteiger partial charge in [-0.1, -0.05) is 41.9 Å². The van der Waals surface area contributed by atoms with Crippen molar-refractivity contribution in [2.45, 2.75) is 13.5 Å². The molecule has 0 spiro atoms. The normalized spacial score (nSPS) is 10.2. The standard InChI is InChI=1S/C20H23ClN3O4/c1-15(25)27-9-8-24(14-16-6-4-3-5-7-16)19-12-17(21)18(23-22)13-20(19)28-11-10-26-2/h3-7,12-13H,8-11,14H2,1-2H3/q+1. The average molecular weight is 405 g/mol. The fraction of sp³-hybridized carbons (Fsp3) is 0.350. The Morgan fingerprint density at radius 1 is 1.18 bits per heavy atom. The van der Waals surface area contributed by atoms with Crippen molar-refractivity contribution in [2.75, 3.05) is 38.4 Å². The Hall–Kier alpha value is -2.82. The van der Waals surface area contributed by atoms with E-state index in [-0.39, 0.29) is 23.3 Å². The molecule has 2 aromatic rings. The molecule has 0 fully saturated rings. The number of anilines is 1. The van der Waals surface area contributed by atoms with Gasteiger partial charge in [0.15, 0.2) is 10.7 Å². The Bertz CT molecular complexity index is 824. The first kappa shape index (κ1) is 21.5. The number of benzene rings is 2. The molecule has 0 heterocycles. The number of nitrogens with zero attached hydrogens (tertiary/aromatic N) is 3. The van der Waals surface area contributed by atoms with Crippen LogP contribution in [0.4, 0.5) is 11.4 Å². The molecule has 7 nitrogen and oxygen atoms in total. The van der Waals surface area contributed by atoms with E-state index in [1.54, 1.807) is 19.2 Å². The molecular formula is C20H23ClN3O4+. The van der Waals surface area contributed by atoms with E-state index < -0.39 is 0 Å². The third-order valence-electron chi connectivity index (χ3n) is 3.90. The van der Waals surface area contributed by atoms with Crippen molar-refractivity contribution in [3.8, 4) is 5.75 Å². The van der Waals surface area contributed by atoms with Gasteiger partial charge in [-0.05, 0) is 11.6 Å². The zero-order chi connectivity index (χ0) is 20.4. The summed E-state index contributed by atoms with van der Waals surface area (Å²) in [4.78, 5) is 16.3. The Morgan fingerprint density at radius 2 is 1.93 bits per heavy atom. The van der Waals surface area contributed by atoms with Gasteiger partial charge in [0.05, 0.1) is 24.9 Å². The molecular weight excluding hydrogens is 382 g/mol. The highest BCUT2D eigenvalue weighted by Crippen LogP contribution is 2.39. The summed E-state index contributed by atoms with van der Waals surface area (Å²) in [5.74, 6) is 0.150. The van der Waals surface area contributed by atoms with Crippen LogP contribution in [0.25, 0.3) is 4.98 Å². The zero-order valence-electron chi connectivity index (χ0n) is 15.9. The van der Waals surface area contributed by atoms with E-state index in [0.717, 1.165) is 5.56 Å². The van der Waals surface area contributed by atoms with Crippen LogP contribution in [0.3, 0.4) is 0 Å². The maximum absolute atomic E-state index is 11.2. The first-order valence-corrected chi connectivity index (χ1v) is 9.15. The Balaban J connectivity index is 2.36. The summed E-state index contributed by atoms with van der Waals surface area (Å²) in [5.41, 5.74) is 1.97. The van der Waals surface area contributed by atoms with Gasteiger partial charge in [0.1, 0.15) is 18.2 Å². The molecule has 0 atom stereocenters. The molecule has 0 aliphatic rings. The molecule has 0 aliphatic carbocycles. The molecule has 8 heteroatoms. The fourth-order valence-electron chi connectivity index (χ4n) is 2.59. The lowest BCUT2D eigenvalue weighted by Gasteiger charge is -2.26. The molecule has 0 bridgehead atoms. The number of hydrogen-bond acceptors (Lipinski definition) is 6. The Labute approximate surface area is 169 Å². The molecule has 2 aromatic carbocycles. The molecule has 0 N–H and O–H groups in total.